The first-order chi connectivity index (χ1) is 15.9. The minimum atomic E-state index is -0.896. The van der Waals surface area contributed by atoms with Gasteiger partial charge in [0.25, 0.3) is 5.91 Å². The highest BCUT2D eigenvalue weighted by Crippen LogP contribution is 2.39. The van der Waals surface area contributed by atoms with Crippen LogP contribution in [0.2, 0.25) is 0 Å². The summed E-state index contributed by atoms with van der Waals surface area (Å²) in [5.41, 5.74) is 10.1. The predicted molar refractivity (Wildman–Crippen MR) is 123 cm³/mol. The van der Waals surface area contributed by atoms with Gasteiger partial charge in [-0.05, 0) is 55.2 Å². The Morgan fingerprint density at radius 1 is 1.03 bits per heavy atom. The number of aromatic nitrogens is 1. The molecule has 174 valence electrons. The quantitative estimate of drug-likeness (QED) is 0.464. The summed E-state index contributed by atoms with van der Waals surface area (Å²) in [6.45, 7) is 5.21. The van der Waals surface area contributed by atoms with Crippen LogP contribution in [0.3, 0.4) is 0 Å². The highest BCUT2D eigenvalue weighted by Gasteiger charge is 2.26. The van der Waals surface area contributed by atoms with Gasteiger partial charge in [0, 0.05) is 23.5 Å². The Bertz CT molecular complexity index is 1190. The van der Waals surface area contributed by atoms with Crippen molar-refractivity contribution in [2.45, 2.75) is 46.1 Å². The Morgan fingerprint density at radius 3 is 2.48 bits per heavy atom. The van der Waals surface area contributed by atoms with E-state index in [0.29, 0.717) is 48.1 Å². The third-order valence-electron chi connectivity index (χ3n) is 6.05. The number of hydrogen-bond acceptors (Lipinski definition) is 3. The zero-order valence-corrected chi connectivity index (χ0v) is 18.9. The van der Waals surface area contributed by atoms with Crippen LogP contribution in [0.15, 0.2) is 36.4 Å². The van der Waals surface area contributed by atoms with Crippen molar-refractivity contribution in [2.75, 3.05) is 13.2 Å². The Balaban J connectivity index is 1.87. The van der Waals surface area contributed by atoms with Gasteiger partial charge in [-0.2, -0.15) is 0 Å². The van der Waals surface area contributed by atoms with Crippen molar-refractivity contribution in [1.29, 1.82) is 0 Å². The van der Waals surface area contributed by atoms with Gasteiger partial charge in [0.2, 0.25) is 0 Å². The standard InChI is InChI=1S/C26H28F2N2O3/c1-3-4-5-6-21-25(18-8-10-22-23(14-18)33-12-11-32-22)24(26(29)31)16(2)30(21)15-17-7-9-19(27)20(28)13-17/h7-10,13-14H,3-6,11-12,15H2,1-2H3,(H2,29,31). The summed E-state index contributed by atoms with van der Waals surface area (Å²) in [5.74, 6) is -1.03. The van der Waals surface area contributed by atoms with Gasteiger partial charge < -0.3 is 19.8 Å². The zero-order valence-electron chi connectivity index (χ0n) is 18.9. The zero-order chi connectivity index (χ0) is 23.5. The maximum Gasteiger partial charge on any atom is 0.251 e. The number of carbonyl (C=O) groups excluding carboxylic acids is 1. The second kappa shape index (κ2) is 9.65. The van der Waals surface area contributed by atoms with Gasteiger partial charge >= 0.3 is 0 Å². The topological polar surface area (TPSA) is 66.5 Å². The summed E-state index contributed by atoms with van der Waals surface area (Å²) in [5, 5.41) is 0. The average molecular weight is 455 g/mol. The molecule has 0 saturated heterocycles. The van der Waals surface area contributed by atoms with Crippen molar-refractivity contribution in [3.05, 3.63) is 70.5 Å². The van der Waals surface area contributed by atoms with Gasteiger partial charge in [0.1, 0.15) is 13.2 Å². The lowest BCUT2D eigenvalue weighted by Crippen LogP contribution is -2.15. The van der Waals surface area contributed by atoms with Gasteiger partial charge in [-0.15, -0.1) is 0 Å². The maximum absolute atomic E-state index is 13.9. The minimum Gasteiger partial charge on any atom is -0.486 e. The van der Waals surface area contributed by atoms with Crippen LogP contribution in [-0.2, 0) is 13.0 Å². The van der Waals surface area contributed by atoms with Crippen LogP contribution in [0.1, 0.15) is 53.5 Å². The Kier molecular flexibility index (Phi) is 6.67. The molecule has 2 aromatic carbocycles. The largest absolute Gasteiger partial charge is 0.486 e. The second-order valence-corrected chi connectivity index (χ2v) is 8.30. The average Bonchev–Trinajstić information content (AvgIpc) is 3.07. The van der Waals surface area contributed by atoms with Crippen LogP contribution in [0.4, 0.5) is 8.78 Å². The highest BCUT2D eigenvalue weighted by atomic mass is 19.2. The third-order valence-corrected chi connectivity index (χ3v) is 6.05. The molecule has 1 amide bonds. The Hall–Kier alpha value is -3.35. The number of carbonyl (C=O) groups is 1. The SMILES string of the molecule is CCCCCc1c(-c2ccc3c(c2)OCCO3)c(C(N)=O)c(C)n1Cc1ccc(F)c(F)c1. The molecule has 0 unspecified atom stereocenters. The molecule has 0 radical (unpaired) electrons. The lowest BCUT2D eigenvalue weighted by Gasteiger charge is -2.19. The predicted octanol–water partition coefficient (Wildman–Crippen LogP) is 5.39. The monoisotopic (exact) mass is 454 g/mol. The molecule has 5 nitrogen and oxygen atoms in total. The molecule has 4 rings (SSSR count). The first kappa shape index (κ1) is 22.8. The van der Waals surface area contributed by atoms with Gasteiger partial charge in [-0.3, -0.25) is 4.79 Å². The number of benzene rings is 2. The molecule has 0 aliphatic carbocycles. The molecule has 33 heavy (non-hydrogen) atoms. The summed E-state index contributed by atoms with van der Waals surface area (Å²) in [4.78, 5) is 12.6. The Morgan fingerprint density at radius 2 is 1.79 bits per heavy atom. The molecule has 3 aromatic rings. The molecule has 0 atom stereocenters. The molecular formula is C26H28F2N2O3. The molecule has 1 aliphatic heterocycles. The second-order valence-electron chi connectivity index (χ2n) is 8.30. The smallest absolute Gasteiger partial charge is 0.251 e. The molecule has 7 heteroatoms. The molecule has 2 N–H and O–H groups in total. The van der Waals surface area contributed by atoms with Crippen molar-refractivity contribution in [3.8, 4) is 22.6 Å². The number of primary amides is 1. The van der Waals surface area contributed by atoms with Crippen molar-refractivity contribution in [1.82, 2.24) is 4.57 Å². The summed E-state index contributed by atoms with van der Waals surface area (Å²) in [6.07, 6.45) is 3.72. The van der Waals surface area contributed by atoms with E-state index in [2.05, 4.69) is 6.92 Å². The number of halogens is 2. The van der Waals surface area contributed by atoms with Crippen LogP contribution in [0.5, 0.6) is 11.5 Å². The van der Waals surface area contributed by atoms with Gasteiger partial charge in [-0.25, -0.2) is 8.78 Å². The number of nitrogens with two attached hydrogens (primary N) is 1. The molecule has 0 spiro atoms. The first-order valence-electron chi connectivity index (χ1n) is 11.3. The van der Waals surface area contributed by atoms with E-state index in [4.69, 9.17) is 15.2 Å². The maximum atomic E-state index is 13.9. The van der Waals surface area contributed by atoms with E-state index in [-0.39, 0.29) is 0 Å². The van der Waals surface area contributed by atoms with Crippen LogP contribution < -0.4 is 15.2 Å². The lowest BCUT2D eigenvalue weighted by molar-refractivity contribution is 0.1000. The number of hydrogen-bond donors (Lipinski definition) is 1. The van der Waals surface area contributed by atoms with E-state index in [1.165, 1.54) is 6.07 Å². The number of ether oxygens (including phenoxy) is 2. The molecule has 0 saturated carbocycles. The molecule has 1 aromatic heterocycles. The minimum absolute atomic E-state index is 0.301. The summed E-state index contributed by atoms with van der Waals surface area (Å²) in [6, 6.07) is 9.49. The van der Waals surface area contributed by atoms with Crippen LogP contribution in [-0.4, -0.2) is 23.7 Å². The van der Waals surface area contributed by atoms with Crippen molar-refractivity contribution < 1.29 is 23.0 Å². The van der Waals surface area contributed by atoms with Gasteiger partial charge in [-0.1, -0.05) is 31.9 Å². The number of unbranched alkanes of at least 4 members (excludes halogenated alkanes) is 2. The van der Waals surface area contributed by atoms with Gasteiger partial charge in [0.05, 0.1) is 5.56 Å². The van der Waals surface area contributed by atoms with E-state index in [9.17, 15) is 13.6 Å². The van der Waals surface area contributed by atoms with Crippen LogP contribution in [0.25, 0.3) is 11.1 Å². The summed E-state index contributed by atoms with van der Waals surface area (Å²) in [7, 11) is 0. The number of amides is 1. The van der Waals surface area contributed by atoms with Crippen molar-refractivity contribution in [2.24, 2.45) is 5.73 Å². The van der Waals surface area contributed by atoms with Gasteiger partial charge in [0.15, 0.2) is 23.1 Å². The Labute approximate surface area is 192 Å². The molecule has 2 heterocycles. The van der Waals surface area contributed by atoms with Crippen LogP contribution in [0, 0.1) is 18.6 Å². The van der Waals surface area contributed by atoms with E-state index in [1.54, 1.807) is 6.07 Å². The fourth-order valence-electron chi connectivity index (χ4n) is 4.45. The molecule has 1 aliphatic rings. The fraction of sp³-hybridized carbons (Fsp3) is 0.346. The number of rotatable bonds is 8. The first-order valence-corrected chi connectivity index (χ1v) is 11.3. The van der Waals surface area contributed by atoms with E-state index >= 15 is 0 Å². The van der Waals surface area contributed by atoms with Crippen molar-refractivity contribution >= 4 is 5.91 Å². The van der Waals surface area contributed by atoms with E-state index < -0.39 is 17.5 Å². The number of fused-ring (bicyclic) bond motifs is 1. The summed E-state index contributed by atoms with van der Waals surface area (Å²) < 4.78 is 40.7. The number of nitrogens with zero attached hydrogens (tertiary/aromatic N) is 1. The van der Waals surface area contributed by atoms with E-state index in [1.807, 2.05) is 29.7 Å². The highest BCUT2D eigenvalue weighted by molar-refractivity contribution is 6.02. The fourth-order valence-corrected chi connectivity index (χ4v) is 4.45. The molecule has 0 bridgehead atoms. The molecular weight excluding hydrogens is 426 g/mol. The van der Waals surface area contributed by atoms with E-state index in [0.717, 1.165) is 48.6 Å². The van der Waals surface area contributed by atoms with Crippen molar-refractivity contribution in [3.63, 3.8) is 0 Å². The molecule has 0 fully saturated rings. The lowest BCUT2D eigenvalue weighted by atomic mass is 9.97. The normalized spacial score (nSPS) is 12.7. The third kappa shape index (κ3) is 4.58. The summed E-state index contributed by atoms with van der Waals surface area (Å²) >= 11 is 0. The van der Waals surface area contributed by atoms with Crippen LogP contribution >= 0.6 is 0 Å².